The highest BCUT2D eigenvalue weighted by Gasteiger charge is 2.17. The van der Waals surface area contributed by atoms with Crippen LogP contribution in [0.4, 0.5) is 4.39 Å². The number of hydrogen-bond donors (Lipinski definition) is 1. The molecule has 0 fully saturated rings. The van der Waals surface area contributed by atoms with Crippen LogP contribution in [-0.2, 0) is 19.9 Å². The fraction of sp³-hybridized carbons (Fsp3) is 0.400. The van der Waals surface area contributed by atoms with Crippen molar-refractivity contribution in [3.8, 4) is 0 Å². The lowest BCUT2D eigenvalue weighted by Crippen LogP contribution is -2.21. The van der Waals surface area contributed by atoms with E-state index in [2.05, 4.69) is 39.3 Å². The van der Waals surface area contributed by atoms with Crippen LogP contribution in [0.15, 0.2) is 28.7 Å². The minimum Gasteiger partial charge on any atom is -0.311 e. The molecule has 2 rings (SSSR count). The number of rotatable bonds is 5. The maximum Gasteiger partial charge on any atom is 0.124 e. The van der Waals surface area contributed by atoms with E-state index in [1.165, 1.54) is 12.1 Å². The van der Waals surface area contributed by atoms with Gasteiger partial charge >= 0.3 is 0 Å². The van der Waals surface area contributed by atoms with Crippen molar-refractivity contribution in [2.45, 2.75) is 25.8 Å². The standard InChI is InChI=1S/C15H19BrFN3/c1-4-12-9-15(20(3)19-12)14(18-2)7-10-5-6-11(17)8-13(10)16/h5-6,8-9,14,18H,4,7H2,1-3H3. The molecule has 1 aromatic carbocycles. The third-order valence-electron chi connectivity index (χ3n) is 3.47. The molecule has 0 spiro atoms. The highest BCUT2D eigenvalue weighted by atomic mass is 79.9. The quantitative estimate of drug-likeness (QED) is 0.904. The second kappa shape index (κ2) is 6.50. The molecule has 0 saturated heterocycles. The van der Waals surface area contributed by atoms with E-state index in [-0.39, 0.29) is 11.9 Å². The number of nitrogens with one attached hydrogen (secondary N) is 1. The van der Waals surface area contributed by atoms with E-state index in [4.69, 9.17) is 0 Å². The highest BCUT2D eigenvalue weighted by molar-refractivity contribution is 9.10. The van der Waals surface area contributed by atoms with Crippen molar-refractivity contribution in [1.82, 2.24) is 15.1 Å². The van der Waals surface area contributed by atoms with E-state index in [0.29, 0.717) is 0 Å². The number of halogens is 2. The normalized spacial score (nSPS) is 12.7. The van der Waals surface area contributed by atoms with Gasteiger partial charge in [-0.05, 0) is 43.7 Å². The Morgan fingerprint density at radius 2 is 2.15 bits per heavy atom. The molecule has 1 N–H and O–H groups in total. The lowest BCUT2D eigenvalue weighted by molar-refractivity contribution is 0.535. The molecule has 20 heavy (non-hydrogen) atoms. The molecule has 1 atom stereocenters. The predicted octanol–water partition coefficient (Wildman–Crippen LogP) is 3.39. The summed E-state index contributed by atoms with van der Waals surface area (Å²) in [5, 5.41) is 7.79. The van der Waals surface area contributed by atoms with E-state index in [1.807, 2.05) is 24.8 Å². The van der Waals surface area contributed by atoms with Crippen LogP contribution in [0.25, 0.3) is 0 Å². The summed E-state index contributed by atoms with van der Waals surface area (Å²) in [5.74, 6) is -0.226. The van der Waals surface area contributed by atoms with Gasteiger partial charge in [0.1, 0.15) is 5.82 Å². The van der Waals surface area contributed by atoms with Gasteiger partial charge < -0.3 is 5.32 Å². The Hall–Kier alpha value is -1.20. The molecule has 0 radical (unpaired) electrons. The number of likely N-dealkylation sites (N-methyl/N-ethyl adjacent to an activating group) is 1. The van der Waals surface area contributed by atoms with Crippen LogP contribution in [0.5, 0.6) is 0 Å². The molecular formula is C15H19BrFN3. The monoisotopic (exact) mass is 339 g/mol. The van der Waals surface area contributed by atoms with Gasteiger partial charge in [0.2, 0.25) is 0 Å². The fourth-order valence-electron chi connectivity index (χ4n) is 2.30. The third kappa shape index (κ3) is 3.27. The number of aromatic nitrogens is 2. The Bertz CT molecular complexity index is 595. The summed E-state index contributed by atoms with van der Waals surface area (Å²) in [6.07, 6.45) is 1.70. The van der Waals surface area contributed by atoms with Crippen molar-refractivity contribution in [3.63, 3.8) is 0 Å². The summed E-state index contributed by atoms with van der Waals surface area (Å²) in [5.41, 5.74) is 3.30. The minimum absolute atomic E-state index is 0.148. The molecule has 0 amide bonds. The van der Waals surface area contributed by atoms with Crippen LogP contribution in [0.2, 0.25) is 0 Å². The van der Waals surface area contributed by atoms with Crippen molar-refractivity contribution in [1.29, 1.82) is 0 Å². The van der Waals surface area contributed by atoms with Crippen molar-refractivity contribution in [3.05, 3.63) is 51.5 Å². The van der Waals surface area contributed by atoms with Gasteiger partial charge in [0.25, 0.3) is 0 Å². The van der Waals surface area contributed by atoms with Crippen molar-refractivity contribution in [2.75, 3.05) is 7.05 Å². The zero-order valence-electron chi connectivity index (χ0n) is 12.0. The molecule has 108 valence electrons. The second-order valence-electron chi connectivity index (χ2n) is 4.82. The van der Waals surface area contributed by atoms with E-state index < -0.39 is 0 Å². The lowest BCUT2D eigenvalue weighted by atomic mass is 10.0. The third-order valence-corrected chi connectivity index (χ3v) is 4.21. The smallest absolute Gasteiger partial charge is 0.124 e. The Labute approximate surface area is 127 Å². The number of benzene rings is 1. The molecule has 0 aliphatic heterocycles. The SMILES string of the molecule is CCc1cc(C(Cc2ccc(F)cc2Br)NC)n(C)n1. The largest absolute Gasteiger partial charge is 0.311 e. The maximum absolute atomic E-state index is 13.1. The van der Waals surface area contributed by atoms with Gasteiger partial charge in [-0.25, -0.2) is 4.39 Å². The average Bonchev–Trinajstić information content (AvgIpc) is 2.79. The first-order valence-electron chi connectivity index (χ1n) is 6.69. The summed E-state index contributed by atoms with van der Waals surface area (Å²) in [4.78, 5) is 0. The molecule has 1 unspecified atom stereocenters. The molecule has 1 aromatic heterocycles. The Morgan fingerprint density at radius 1 is 1.40 bits per heavy atom. The van der Waals surface area contributed by atoms with E-state index in [1.54, 1.807) is 0 Å². The number of hydrogen-bond acceptors (Lipinski definition) is 2. The Kier molecular flexibility index (Phi) is 4.94. The predicted molar refractivity (Wildman–Crippen MR) is 82.2 cm³/mol. The van der Waals surface area contributed by atoms with Gasteiger partial charge in [-0.2, -0.15) is 5.10 Å². The van der Waals surface area contributed by atoms with Crippen LogP contribution >= 0.6 is 15.9 Å². The van der Waals surface area contributed by atoms with Crippen LogP contribution in [0.3, 0.4) is 0 Å². The first-order valence-corrected chi connectivity index (χ1v) is 7.48. The number of aryl methyl sites for hydroxylation is 2. The lowest BCUT2D eigenvalue weighted by Gasteiger charge is -2.17. The number of nitrogens with zero attached hydrogens (tertiary/aromatic N) is 2. The second-order valence-corrected chi connectivity index (χ2v) is 5.67. The van der Waals surface area contributed by atoms with Crippen LogP contribution in [-0.4, -0.2) is 16.8 Å². The fourth-order valence-corrected chi connectivity index (χ4v) is 2.82. The van der Waals surface area contributed by atoms with Gasteiger partial charge in [0.05, 0.1) is 17.4 Å². The molecule has 1 heterocycles. The van der Waals surface area contributed by atoms with E-state index in [9.17, 15) is 4.39 Å². The molecule has 5 heteroatoms. The zero-order valence-corrected chi connectivity index (χ0v) is 13.5. The Balaban J connectivity index is 2.26. The van der Waals surface area contributed by atoms with Crippen molar-refractivity contribution in [2.24, 2.45) is 7.05 Å². The minimum atomic E-state index is -0.226. The topological polar surface area (TPSA) is 29.9 Å². The molecule has 2 aromatic rings. The molecule has 0 aliphatic rings. The molecule has 3 nitrogen and oxygen atoms in total. The van der Waals surface area contributed by atoms with E-state index in [0.717, 1.165) is 34.3 Å². The van der Waals surface area contributed by atoms with Crippen molar-refractivity contribution < 1.29 is 4.39 Å². The average molecular weight is 340 g/mol. The van der Waals surface area contributed by atoms with Gasteiger partial charge in [0, 0.05) is 11.5 Å². The highest BCUT2D eigenvalue weighted by Crippen LogP contribution is 2.25. The summed E-state index contributed by atoms with van der Waals surface area (Å²) in [7, 11) is 3.89. The van der Waals surface area contributed by atoms with Crippen LogP contribution in [0, 0.1) is 5.82 Å². The molecule has 0 aliphatic carbocycles. The van der Waals surface area contributed by atoms with E-state index >= 15 is 0 Å². The molecular weight excluding hydrogens is 321 g/mol. The molecule has 0 bridgehead atoms. The van der Waals surface area contributed by atoms with Gasteiger partial charge in [-0.3, -0.25) is 4.68 Å². The first kappa shape index (κ1) is 15.2. The van der Waals surface area contributed by atoms with Crippen LogP contribution < -0.4 is 5.32 Å². The van der Waals surface area contributed by atoms with Gasteiger partial charge in [0.15, 0.2) is 0 Å². The van der Waals surface area contributed by atoms with Gasteiger partial charge in [-0.15, -0.1) is 0 Å². The summed E-state index contributed by atoms with van der Waals surface area (Å²) in [6.45, 7) is 2.09. The maximum atomic E-state index is 13.1. The zero-order chi connectivity index (χ0) is 14.7. The van der Waals surface area contributed by atoms with Gasteiger partial charge in [-0.1, -0.05) is 28.9 Å². The van der Waals surface area contributed by atoms with Crippen molar-refractivity contribution >= 4 is 15.9 Å². The summed E-state index contributed by atoms with van der Waals surface area (Å²) >= 11 is 3.42. The molecule has 0 saturated carbocycles. The van der Waals surface area contributed by atoms with Crippen LogP contribution in [0.1, 0.15) is 29.9 Å². The summed E-state index contributed by atoms with van der Waals surface area (Å²) < 4.78 is 15.9. The summed E-state index contributed by atoms with van der Waals surface area (Å²) in [6, 6.07) is 7.09. The first-order chi connectivity index (χ1) is 9.55. The Morgan fingerprint density at radius 3 is 2.70 bits per heavy atom.